The molecule has 4 aromatic carbocycles. The average Bonchev–Trinajstić information content (AvgIpc) is 3.38. The molecule has 0 unspecified atom stereocenters. The molecule has 0 fully saturated rings. The van der Waals surface area contributed by atoms with Gasteiger partial charge in [-0.05, 0) is 82.5 Å². The summed E-state index contributed by atoms with van der Waals surface area (Å²) < 4.78 is 33.6. The van der Waals surface area contributed by atoms with Gasteiger partial charge in [0.05, 0.1) is 40.5 Å². The largest absolute Gasteiger partial charge is 0.497 e. The van der Waals surface area contributed by atoms with Gasteiger partial charge in [-0.3, -0.25) is 14.2 Å². The highest BCUT2D eigenvalue weighted by atomic mass is 79.9. The number of allylic oxidation sites excluding steroid dienone is 1. The third-order valence-corrected chi connectivity index (χ3v) is 9.18. The summed E-state index contributed by atoms with van der Waals surface area (Å²) in [5.41, 5.74) is 2.99. The number of rotatable bonds is 9. The fourth-order valence-corrected chi connectivity index (χ4v) is 6.93. The standard InChI is InChI=1S/C36H29BrFN3O5S/c1-21-31(34(42)40-25-10-5-4-6-11-25)32(23-13-15-26(44-2)16-14-23)41-35(43)30(47-36(41)39-21)19-22-17-27(37)33(29(18-22)45-3)46-20-24-9-7-8-12-28(24)38/h4-19,32H,20H2,1-3H3,(H,40,42)/b30-19+/t32-/m0/s1. The van der Waals surface area contributed by atoms with Crippen LogP contribution in [0.3, 0.4) is 0 Å². The van der Waals surface area contributed by atoms with Gasteiger partial charge in [-0.15, -0.1) is 0 Å². The smallest absolute Gasteiger partial charge is 0.271 e. The van der Waals surface area contributed by atoms with Crippen LogP contribution >= 0.6 is 27.3 Å². The lowest BCUT2D eigenvalue weighted by molar-refractivity contribution is -0.113. The Labute approximate surface area is 282 Å². The van der Waals surface area contributed by atoms with E-state index < -0.39 is 6.04 Å². The Balaban J connectivity index is 1.41. The average molecular weight is 715 g/mol. The molecule has 5 aromatic rings. The molecule has 1 aliphatic heterocycles. The quantitative estimate of drug-likeness (QED) is 0.192. The number of para-hydroxylation sites is 1. The number of carbonyl (C=O) groups excluding carboxylic acids is 1. The molecule has 1 atom stereocenters. The van der Waals surface area contributed by atoms with Crippen molar-refractivity contribution in [2.45, 2.75) is 19.6 Å². The molecule has 47 heavy (non-hydrogen) atoms. The maximum atomic E-state index is 14.2. The highest BCUT2D eigenvalue weighted by Crippen LogP contribution is 2.38. The Kier molecular flexibility index (Phi) is 9.37. The van der Waals surface area contributed by atoms with Crippen molar-refractivity contribution in [3.05, 3.63) is 149 Å². The van der Waals surface area contributed by atoms with Crippen LogP contribution in [0.4, 0.5) is 10.1 Å². The number of ether oxygens (including phenoxy) is 3. The number of carbonyl (C=O) groups is 1. The first-order valence-corrected chi connectivity index (χ1v) is 16.1. The Bertz CT molecular complexity index is 2180. The van der Waals surface area contributed by atoms with Crippen molar-refractivity contribution in [1.29, 1.82) is 0 Å². The van der Waals surface area contributed by atoms with Gasteiger partial charge in [0.2, 0.25) is 0 Å². The van der Waals surface area contributed by atoms with E-state index in [2.05, 4.69) is 21.2 Å². The van der Waals surface area contributed by atoms with E-state index in [4.69, 9.17) is 19.2 Å². The predicted molar refractivity (Wildman–Crippen MR) is 183 cm³/mol. The van der Waals surface area contributed by atoms with Gasteiger partial charge in [-0.1, -0.05) is 59.9 Å². The van der Waals surface area contributed by atoms with Crippen molar-refractivity contribution in [2.75, 3.05) is 19.5 Å². The van der Waals surface area contributed by atoms with Crippen LogP contribution in [-0.4, -0.2) is 24.7 Å². The fourth-order valence-electron chi connectivity index (χ4n) is 5.31. The molecule has 0 spiro atoms. The zero-order chi connectivity index (χ0) is 33.1. The Hall–Kier alpha value is -5.00. The van der Waals surface area contributed by atoms with E-state index in [1.54, 1.807) is 79.3 Å². The molecule has 2 heterocycles. The van der Waals surface area contributed by atoms with Crippen LogP contribution in [0, 0.1) is 5.82 Å². The summed E-state index contributed by atoms with van der Waals surface area (Å²) in [4.78, 5) is 33.1. The highest BCUT2D eigenvalue weighted by molar-refractivity contribution is 9.10. The van der Waals surface area contributed by atoms with Gasteiger partial charge in [-0.2, -0.15) is 0 Å². The second-order valence-corrected chi connectivity index (χ2v) is 12.5. The van der Waals surface area contributed by atoms with Crippen molar-refractivity contribution in [1.82, 2.24) is 4.57 Å². The van der Waals surface area contributed by atoms with Crippen LogP contribution in [0.15, 0.2) is 117 Å². The van der Waals surface area contributed by atoms with E-state index in [9.17, 15) is 14.0 Å². The van der Waals surface area contributed by atoms with Crippen molar-refractivity contribution in [3.8, 4) is 17.2 Å². The molecule has 0 saturated heterocycles. The molecule has 1 N–H and O–H groups in total. The molecule has 6 rings (SSSR count). The third-order valence-electron chi connectivity index (χ3n) is 7.61. The normalized spacial score (nSPS) is 14.3. The van der Waals surface area contributed by atoms with Crippen LogP contribution in [0.25, 0.3) is 6.08 Å². The first kappa shape index (κ1) is 32.0. The molecule has 1 amide bonds. The third kappa shape index (κ3) is 6.63. The molecule has 0 saturated carbocycles. The number of nitrogens with zero attached hydrogens (tertiary/aromatic N) is 2. The monoisotopic (exact) mass is 713 g/mol. The van der Waals surface area contributed by atoms with Crippen LogP contribution < -0.4 is 34.4 Å². The second kappa shape index (κ2) is 13.8. The minimum atomic E-state index is -0.738. The number of amides is 1. The maximum absolute atomic E-state index is 14.2. The van der Waals surface area contributed by atoms with Crippen molar-refractivity contribution >= 4 is 44.9 Å². The van der Waals surface area contributed by atoms with E-state index >= 15 is 0 Å². The summed E-state index contributed by atoms with van der Waals surface area (Å²) in [7, 11) is 3.09. The summed E-state index contributed by atoms with van der Waals surface area (Å²) in [6, 6.07) is 25.6. The number of halogens is 2. The molecular weight excluding hydrogens is 685 g/mol. The maximum Gasteiger partial charge on any atom is 0.271 e. The van der Waals surface area contributed by atoms with E-state index in [0.29, 0.717) is 59.1 Å². The molecule has 11 heteroatoms. The van der Waals surface area contributed by atoms with Crippen LogP contribution in [0.5, 0.6) is 17.2 Å². The van der Waals surface area contributed by atoms with Crippen LogP contribution in [0.1, 0.15) is 29.7 Å². The lowest BCUT2D eigenvalue weighted by atomic mass is 9.95. The lowest BCUT2D eigenvalue weighted by Crippen LogP contribution is -2.40. The van der Waals surface area contributed by atoms with Gasteiger partial charge >= 0.3 is 0 Å². The lowest BCUT2D eigenvalue weighted by Gasteiger charge is -2.25. The van der Waals surface area contributed by atoms with Gasteiger partial charge in [0, 0.05) is 11.3 Å². The number of nitrogens with one attached hydrogen (secondary N) is 1. The van der Waals surface area contributed by atoms with Crippen molar-refractivity contribution in [2.24, 2.45) is 4.99 Å². The summed E-state index contributed by atoms with van der Waals surface area (Å²) in [6.07, 6.45) is 1.74. The molecule has 0 radical (unpaired) electrons. The van der Waals surface area contributed by atoms with Gasteiger partial charge in [0.25, 0.3) is 11.5 Å². The summed E-state index contributed by atoms with van der Waals surface area (Å²) in [6.45, 7) is 1.78. The first-order chi connectivity index (χ1) is 22.8. The molecule has 1 aliphatic rings. The Morgan fingerprint density at radius 2 is 1.74 bits per heavy atom. The molecule has 1 aromatic heterocycles. The zero-order valence-electron chi connectivity index (χ0n) is 25.6. The number of anilines is 1. The van der Waals surface area contributed by atoms with Gasteiger partial charge in [0.1, 0.15) is 18.2 Å². The van der Waals surface area contributed by atoms with E-state index in [1.807, 2.05) is 30.3 Å². The number of hydrogen-bond acceptors (Lipinski definition) is 7. The molecular formula is C36H29BrFN3O5S. The number of hydrogen-bond donors (Lipinski definition) is 1. The van der Waals surface area contributed by atoms with Gasteiger partial charge in [0.15, 0.2) is 16.3 Å². The SMILES string of the molecule is COc1ccc([C@H]2C(C(=O)Nc3ccccc3)=C(C)N=c3s/c(=C/c4cc(Br)c(OCc5ccccc5F)c(OC)c4)c(=O)n32)cc1. The van der Waals surface area contributed by atoms with Crippen molar-refractivity contribution < 1.29 is 23.4 Å². The van der Waals surface area contributed by atoms with E-state index in [1.165, 1.54) is 24.5 Å². The molecule has 0 aliphatic carbocycles. The number of aromatic nitrogens is 1. The summed E-state index contributed by atoms with van der Waals surface area (Å²) in [5.74, 6) is 0.740. The number of thiazole rings is 1. The minimum absolute atomic E-state index is 0.00444. The molecule has 238 valence electrons. The van der Waals surface area contributed by atoms with E-state index in [0.717, 1.165) is 5.56 Å². The molecule has 0 bridgehead atoms. The van der Waals surface area contributed by atoms with Gasteiger partial charge < -0.3 is 19.5 Å². The number of benzene rings is 4. The summed E-state index contributed by atoms with van der Waals surface area (Å²) >= 11 is 4.78. The predicted octanol–water partition coefficient (Wildman–Crippen LogP) is 6.37. The first-order valence-electron chi connectivity index (χ1n) is 14.5. The number of fused-ring (bicyclic) bond motifs is 1. The fraction of sp³-hybridized carbons (Fsp3) is 0.139. The van der Waals surface area contributed by atoms with Gasteiger partial charge in [-0.25, -0.2) is 9.38 Å². The Morgan fingerprint density at radius 1 is 1.02 bits per heavy atom. The van der Waals surface area contributed by atoms with Crippen LogP contribution in [0.2, 0.25) is 0 Å². The summed E-state index contributed by atoms with van der Waals surface area (Å²) in [5, 5.41) is 2.96. The topological polar surface area (TPSA) is 91.2 Å². The minimum Gasteiger partial charge on any atom is -0.497 e. The van der Waals surface area contributed by atoms with Crippen LogP contribution in [-0.2, 0) is 11.4 Å². The highest BCUT2D eigenvalue weighted by Gasteiger charge is 2.32. The number of methoxy groups -OCH3 is 2. The second-order valence-electron chi connectivity index (χ2n) is 10.6. The Morgan fingerprint density at radius 3 is 2.45 bits per heavy atom. The zero-order valence-corrected chi connectivity index (χ0v) is 28.0. The van der Waals surface area contributed by atoms with E-state index in [-0.39, 0.29) is 23.9 Å². The van der Waals surface area contributed by atoms with Crippen molar-refractivity contribution in [3.63, 3.8) is 0 Å². The molecule has 8 nitrogen and oxygen atoms in total.